The largest absolute Gasteiger partial charge is 0.490 e. The molecule has 3 aromatic carbocycles. The molecule has 0 bridgehead atoms. The van der Waals surface area contributed by atoms with Gasteiger partial charge in [-0.1, -0.05) is 60.7 Å². The van der Waals surface area contributed by atoms with Crippen LogP contribution in [0.5, 0.6) is 5.75 Å². The maximum atomic E-state index is 12.6. The molecule has 0 aromatic heterocycles. The molecule has 1 aliphatic carbocycles. The third kappa shape index (κ3) is 5.78. The molecular formula is C30H32N2O5. The zero-order valence-electron chi connectivity index (χ0n) is 20.9. The average molecular weight is 501 g/mol. The van der Waals surface area contributed by atoms with Crippen LogP contribution in [0.3, 0.4) is 0 Å². The van der Waals surface area contributed by atoms with E-state index >= 15 is 0 Å². The van der Waals surface area contributed by atoms with Gasteiger partial charge >= 0.3 is 12.1 Å². The third-order valence-corrected chi connectivity index (χ3v) is 7.27. The second-order valence-electron chi connectivity index (χ2n) is 9.83. The summed E-state index contributed by atoms with van der Waals surface area (Å²) in [5, 5.41) is 12.2. The van der Waals surface area contributed by atoms with Crippen molar-refractivity contribution in [2.24, 2.45) is 0 Å². The number of benzene rings is 3. The van der Waals surface area contributed by atoms with Crippen molar-refractivity contribution in [2.75, 3.05) is 26.7 Å². The lowest BCUT2D eigenvalue weighted by atomic mass is 9.98. The first-order valence-electron chi connectivity index (χ1n) is 12.8. The first kappa shape index (κ1) is 24.8. The van der Waals surface area contributed by atoms with Crippen LogP contribution in [0.25, 0.3) is 11.1 Å². The summed E-state index contributed by atoms with van der Waals surface area (Å²) < 4.78 is 11.6. The average Bonchev–Trinajstić information content (AvgIpc) is 3.23. The van der Waals surface area contributed by atoms with Gasteiger partial charge in [0.25, 0.3) is 0 Å². The Hall–Kier alpha value is -3.84. The molecule has 5 rings (SSSR count). The highest BCUT2D eigenvalue weighted by atomic mass is 16.5. The van der Waals surface area contributed by atoms with Crippen molar-refractivity contribution in [3.63, 3.8) is 0 Å². The summed E-state index contributed by atoms with van der Waals surface area (Å²) >= 11 is 0. The van der Waals surface area contributed by atoms with Crippen LogP contribution >= 0.6 is 0 Å². The van der Waals surface area contributed by atoms with Gasteiger partial charge in [0.1, 0.15) is 24.5 Å². The molecule has 7 heteroatoms. The van der Waals surface area contributed by atoms with Crippen molar-refractivity contribution >= 4 is 12.1 Å². The predicted molar refractivity (Wildman–Crippen MR) is 141 cm³/mol. The number of carbonyl (C=O) groups excluding carboxylic acids is 1. The fourth-order valence-corrected chi connectivity index (χ4v) is 5.22. The Morgan fingerprint density at radius 1 is 0.946 bits per heavy atom. The fraction of sp³-hybridized carbons (Fsp3) is 0.333. The summed E-state index contributed by atoms with van der Waals surface area (Å²) in [7, 11) is 2.11. The standard InChI is InChI=1S/C30H32N2O5/c1-32-16-14-22(15-17-32)37-21-12-10-20(11-13-21)18-28(29(33)34)31-30(35)36-19-27-25-8-4-2-6-23(25)24-7-3-5-9-26(24)27/h2-13,22,27-28H,14-19H2,1H3,(H,31,35)(H,33,34)/t28-/m0/s1. The van der Waals surface area contributed by atoms with E-state index < -0.39 is 18.1 Å². The van der Waals surface area contributed by atoms with Crippen LogP contribution in [0.2, 0.25) is 0 Å². The maximum absolute atomic E-state index is 12.6. The molecule has 0 radical (unpaired) electrons. The van der Waals surface area contributed by atoms with E-state index in [0.29, 0.717) is 0 Å². The molecule has 1 saturated heterocycles. The van der Waals surface area contributed by atoms with E-state index in [1.54, 1.807) is 0 Å². The van der Waals surface area contributed by atoms with Crippen molar-refractivity contribution in [3.8, 4) is 16.9 Å². The number of rotatable bonds is 8. The molecule has 2 aliphatic rings. The predicted octanol–water partition coefficient (Wildman–Crippen LogP) is 4.69. The number of carboxylic acids is 1. The van der Waals surface area contributed by atoms with E-state index in [1.165, 1.54) is 0 Å². The zero-order chi connectivity index (χ0) is 25.8. The van der Waals surface area contributed by atoms with Gasteiger partial charge in [-0.25, -0.2) is 9.59 Å². The van der Waals surface area contributed by atoms with Crippen molar-refractivity contribution in [2.45, 2.75) is 37.3 Å². The second-order valence-corrected chi connectivity index (χ2v) is 9.83. The Morgan fingerprint density at radius 2 is 1.54 bits per heavy atom. The number of nitrogens with zero attached hydrogens (tertiary/aromatic N) is 1. The number of fused-ring (bicyclic) bond motifs is 3. The minimum Gasteiger partial charge on any atom is -0.490 e. The van der Waals surface area contributed by atoms with Crippen LogP contribution in [0.4, 0.5) is 4.79 Å². The Bertz CT molecular complexity index is 1210. The number of aliphatic carboxylic acids is 1. The van der Waals surface area contributed by atoms with Crippen molar-refractivity contribution in [1.82, 2.24) is 10.2 Å². The number of hydrogen-bond donors (Lipinski definition) is 2. The zero-order valence-corrected chi connectivity index (χ0v) is 20.9. The number of likely N-dealkylation sites (tertiary alicyclic amines) is 1. The van der Waals surface area contributed by atoms with Crippen LogP contribution in [0, 0.1) is 0 Å². The minimum absolute atomic E-state index is 0.0847. The van der Waals surface area contributed by atoms with Crippen LogP contribution in [-0.4, -0.2) is 61.0 Å². The number of alkyl carbamates (subject to hydrolysis) is 1. The van der Waals surface area contributed by atoms with E-state index in [1.807, 2.05) is 60.7 Å². The smallest absolute Gasteiger partial charge is 0.407 e. The highest BCUT2D eigenvalue weighted by molar-refractivity contribution is 5.81. The van der Waals surface area contributed by atoms with Crippen LogP contribution in [0.15, 0.2) is 72.8 Å². The maximum Gasteiger partial charge on any atom is 0.407 e. The topological polar surface area (TPSA) is 88.1 Å². The number of amides is 1. The Labute approximate surface area is 217 Å². The quantitative estimate of drug-likeness (QED) is 0.466. The summed E-state index contributed by atoms with van der Waals surface area (Å²) in [6.45, 7) is 2.17. The summed E-state index contributed by atoms with van der Waals surface area (Å²) in [6.07, 6.45) is 1.58. The van der Waals surface area contributed by atoms with Crippen LogP contribution < -0.4 is 10.1 Å². The first-order valence-corrected chi connectivity index (χ1v) is 12.8. The van der Waals surface area contributed by atoms with E-state index in [-0.39, 0.29) is 25.0 Å². The first-order chi connectivity index (χ1) is 18.0. The van der Waals surface area contributed by atoms with Gasteiger partial charge in [-0.15, -0.1) is 0 Å². The Balaban J connectivity index is 1.16. The van der Waals surface area contributed by atoms with Gasteiger partial charge in [-0.05, 0) is 59.8 Å². The summed E-state index contributed by atoms with van der Waals surface area (Å²) in [5.74, 6) is -0.423. The molecule has 1 aliphatic heterocycles. The van der Waals surface area contributed by atoms with Crippen molar-refractivity contribution in [3.05, 3.63) is 89.5 Å². The Morgan fingerprint density at radius 3 is 2.14 bits per heavy atom. The highest BCUT2D eigenvalue weighted by Crippen LogP contribution is 2.44. The van der Waals surface area contributed by atoms with Gasteiger partial charge in [0.2, 0.25) is 0 Å². The van der Waals surface area contributed by atoms with Gasteiger partial charge in [-0.2, -0.15) is 0 Å². The molecule has 0 spiro atoms. The second kappa shape index (κ2) is 11.0. The number of nitrogens with one attached hydrogen (secondary N) is 1. The molecule has 7 nitrogen and oxygen atoms in total. The van der Waals surface area contributed by atoms with Crippen LogP contribution in [-0.2, 0) is 16.0 Å². The molecule has 1 heterocycles. The normalized spacial score (nSPS) is 16.5. The fourth-order valence-electron chi connectivity index (χ4n) is 5.22. The number of carbonyl (C=O) groups is 2. The number of carboxylic acid groups (broad SMARTS) is 1. The molecule has 37 heavy (non-hydrogen) atoms. The molecule has 2 N–H and O–H groups in total. The van der Waals surface area contributed by atoms with E-state index in [9.17, 15) is 14.7 Å². The molecular weight excluding hydrogens is 468 g/mol. The van der Waals surface area contributed by atoms with Crippen molar-refractivity contribution < 1.29 is 24.2 Å². The highest BCUT2D eigenvalue weighted by Gasteiger charge is 2.30. The lowest BCUT2D eigenvalue weighted by Crippen LogP contribution is -2.42. The Kier molecular flexibility index (Phi) is 7.42. The molecule has 192 valence electrons. The molecule has 0 saturated carbocycles. The van der Waals surface area contributed by atoms with Gasteiger partial charge < -0.3 is 24.8 Å². The van der Waals surface area contributed by atoms with E-state index in [0.717, 1.165) is 59.5 Å². The molecule has 1 fully saturated rings. The molecule has 1 atom stereocenters. The van der Waals surface area contributed by atoms with Gasteiger partial charge in [0, 0.05) is 25.4 Å². The minimum atomic E-state index is -1.11. The SMILES string of the molecule is CN1CCC(Oc2ccc(C[C@H](NC(=O)OCC3c4ccccc4-c4ccccc43)C(=O)O)cc2)CC1. The number of piperidine rings is 1. The molecule has 0 unspecified atom stereocenters. The summed E-state index contributed by atoms with van der Waals surface area (Å²) in [5.41, 5.74) is 5.28. The lowest BCUT2D eigenvalue weighted by molar-refractivity contribution is -0.139. The third-order valence-electron chi connectivity index (χ3n) is 7.27. The number of hydrogen-bond acceptors (Lipinski definition) is 5. The van der Waals surface area contributed by atoms with Crippen LogP contribution in [0.1, 0.15) is 35.4 Å². The molecule has 1 amide bonds. The van der Waals surface area contributed by atoms with E-state index in [4.69, 9.17) is 9.47 Å². The van der Waals surface area contributed by atoms with Gasteiger partial charge in [0.05, 0.1) is 0 Å². The molecule has 3 aromatic rings. The monoisotopic (exact) mass is 500 g/mol. The summed E-state index contributed by atoms with van der Waals surface area (Å²) in [4.78, 5) is 26.8. The van der Waals surface area contributed by atoms with Gasteiger partial charge in [0.15, 0.2) is 0 Å². The number of ether oxygens (including phenoxy) is 2. The van der Waals surface area contributed by atoms with Crippen molar-refractivity contribution in [1.29, 1.82) is 0 Å². The van der Waals surface area contributed by atoms with Gasteiger partial charge in [-0.3, -0.25) is 0 Å². The van der Waals surface area contributed by atoms with E-state index in [2.05, 4.69) is 29.4 Å². The summed E-state index contributed by atoms with van der Waals surface area (Å²) in [6, 6.07) is 22.5. The lowest BCUT2D eigenvalue weighted by Gasteiger charge is -2.29.